The van der Waals surface area contributed by atoms with Crippen molar-refractivity contribution in [1.82, 2.24) is 15.6 Å². The van der Waals surface area contributed by atoms with Crippen LogP contribution in [0.1, 0.15) is 37.8 Å². The van der Waals surface area contributed by atoms with Crippen LogP contribution in [0, 0.1) is 5.92 Å². The van der Waals surface area contributed by atoms with Gasteiger partial charge in [0.1, 0.15) is 12.1 Å². The van der Waals surface area contributed by atoms with Crippen molar-refractivity contribution >= 4 is 52.0 Å². The van der Waals surface area contributed by atoms with Crippen molar-refractivity contribution in [2.75, 3.05) is 5.32 Å². The molecule has 3 aromatic carbocycles. The SMILES string of the molecule is CC(C)C[C@@H](NC(=O)/C=C/c1ccccc1)C(=O)N[C@H](CCc1ccccc1)C(=O)Nc1ccnc2cc(Cl)ccc12. The second-order valence-corrected chi connectivity index (χ2v) is 11.0. The molecule has 8 heteroatoms. The highest BCUT2D eigenvalue weighted by Gasteiger charge is 2.27. The summed E-state index contributed by atoms with van der Waals surface area (Å²) in [5.41, 5.74) is 3.14. The van der Waals surface area contributed by atoms with E-state index >= 15 is 0 Å². The van der Waals surface area contributed by atoms with Crippen LogP contribution in [0.15, 0.2) is 97.2 Å². The van der Waals surface area contributed by atoms with E-state index < -0.39 is 18.0 Å². The zero-order valence-corrected chi connectivity index (χ0v) is 24.5. The van der Waals surface area contributed by atoms with Gasteiger partial charge in [0.2, 0.25) is 17.7 Å². The van der Waals surface area contributed by atoms with E-state index in [1.165, 1.54) is 6.08 Å². The van der Waals surface area contributed by atoms with Crippen molar-refractivity contribution in [3.8, 4) is 0 Å². The number of aromatic nitrogens is 1. The molecule has 3 N–H and O–H groups in total. The molecule has 0 radical (unpaired) electrons. The van der Waals surface area contributed by atoms with Crippen molar-refractivity contribution < 1.29 is 14.4 Å². The van der Waals surface area contributed by atoms with Crippen molar-refractivity contribution in [2.24, 2.45) is 5.92 Å². The molecule has 0 fully saturated rings. The Morgan fingerprint density at radius 3 is 2.29 bits per heavy atom. The Balaban J connectivity index is 1.51. The number of hydrogen-bond acceptors (Lipinski definition) is 4. The molecule has 42 heavy (non-hydrogen) atoms. The van der Waals surface area contributed by atoms with Gasteiger partial charge in [0.25, 0.3) is 0 Å². The number of pyridine rings is 1. The quantitative estimate of drug-likeness (QED) is 0.173. The van der Waals surface area contributed by atoms with Gasteiger partial charge in [-0.15, -0.1) is 0 Å². The fourth-order valence-corrected chi connectivity index (χ4v) is 4.77. The lowest BCUT2D eigenvalue weighted by atomic mass is 10.0. The fraction of sp³-hybridized carbons (Fsp3) is 0.235. The van der Waals surface area contributed by atoms with Gasteiger partial charge in [0, 0.05) is 22.7 Å². The number of carbonyl (C=O) groups is 3. The highest BCUT2D eigenvalue weighted by Crippen LogP contribution is 2.24. The van der Waals surface area contributed by atoms with E-state index in [0.717, 1.165) is 16.5 Å². The second-order valence-electron chi connectivity index (χ2n) is 10.5. The molecule has 0 aliphatic carbocycles. The Bertz CT molecular complexity index is 1540. The molecule has 4 aromatic rings. The van der Waals surface area contributed by atoms with Crippen LogP contribution in [-0.2, 0) is 20.8 Å². The predicted octanol–water partition coefficient (Wildman–Crippen LogP) is 6.19. The molecular weight excluding hydrogens is 548 g/mol. The smallest absolute Gasteiger partial charge is 0.246 e. The Morgan fingerprint density at radius 2 is 1.57 bits per heavy atom. The highest BCUT2D eigenvalue weighted by atomic mass is 35.5. The van der Waals surface area contributed by atoms with Crippen molar-refractivity contribution in [3.05, 3.63) is 113 Å². The number of nitrogens with one attached hydrogen (secondary N) is 3. The first kappa shape index (κ1) is 30.5. The van der Waals surface area contributed by atoms with Crippen LogP contribution in [0.4, 0.5) is 5.69 Å². The zero-order valence-electron chi connectivity index (χ0n) is 23.7. The molecule has 0 aliphatic heterocycles. The van der Waals surface area contributed by atoms with E-state index in [1.54, 1.807) is 36.5 Å². The minimum atomic E-state index is -0.848. The number of benzene rings is 3. The van der Waals surface area contributed by atoms with Gasteiger partial charge in [0.05, 0.1) is 11.2 Å². The molecule has 1 aromatic heterocycles. The Hall–Kier alpha value is -4.49. The van der Waals surface area contributed by atoms with Gasteiger partial charge in [-0.3, -0.25) is 19.4 Å². The number of halogens is 1. The van der Waals surface area contributed by atoms with Gasteiger partial charge in [0.15, 0.2) is 0 Å². The molecule has 7 nitrogen and oxygen atoms in total. The summed E-state index contributed by atoms with van der Waals surface area (Å²) in [5, 5.41) is 10.00. The van der Waals surface area contributed by atoms with Gasteiger partial charge in [-0.25, -0.2) is 0 Å². The average Bonchev–Trinajstić information content (AvgIpc) is 2.98. The van der Waals surface area contributed by atoms with Crippen LogP contribution < -0.4 is 16.0 Å². The summed E-state index contributed by atoms with van der Waals surface area (Å²) in [7, 11) is 0. The van der Waals surface area contributed by atoms with Crippen molar-refractivity contribution in [1.29, 1.82) is 0 Å². The molecule has 0 bridgehead atoms. The van der Waals surface area contributed by atoms with Gasteiger partial charge in [-0.1, -0.05) is 86.1 Å². The van der Waals surface area contributed by atoms with E-state index in [0.29, 0.717) is 35.5 Å². The number of carbonyl (C=O) groups excluding carboxylic acids is 3. The van der Waals surface area contributed by atoms with E-state index in [4.69, 9.17) is 11.6 Å². The third-order valence-electron chi connectivity index (χ3n) is 6.73. The number of anilines is 1. The first-order chi connectivity index (χ1) is 20.3. The standard InChI is InChI=1S/C34H35ClN4O3/c1-23(2)21-31(37-32(40)18-14-25-11-7-4-8-12-25)34(42)39-29(17-13-24-9-5-3-6-10-24)33(41)38-28-19-20-36-30-22-26(35)15-16-27(28)30/h3-12,14-16,18-20,22-23,29,31H,13,17,21H2,1-2H3,(H,37,40)(H,39,42)(H,36,38,41)/b18-14+/t29-,31-/m1/s1. The Morgan fingerprint density at radius 1 is 0.857 bits per heavy atom. The maximum Gasteiger partial charge on any atom is 0.246 e. The summed E-state index contributed by atoms with van der Waals surface area (Å²) in [6.45, 7) is 3.96. The van der Waals surface area contributed by atoms with Gasteiger partial charge >= 0.3 is 0 Å². The van der Waals surface area contributed by atoms with E-state index in [1.807, 2.05) is 74.5 Å². The number of nitrogens with zero attached hydrogens (tertiary/aromatic N) is 1. The molecule has 216 valence electrons. The van der Waals surface area contributed by atoms with Gasteiger partial charge in [-0.2, -0.15) is 0 Å². The molecule has 0 saturated heterocycles. The summed E-state index contributed by atoms with van der Waals surface area (Å²) in [5.74, 6) is -1.03. The first-order valence-corrected chi connectivity index (χ1v) is 14.4. The molecule has 0 aliphatic rings. The van der Waals surface area contributed by atoms with Crippen LogP contribution in [0.2, 0.25) is 5.02 Å². The molecule has 0 spiro atoms. The maximum atomic E-state index is 13.6. The van der Waals surface area contributed by atoms with Crippen LogP contribution in [0.5, 0.6) is 0 Å². The minimum absolute atomic E-state index is 0.130. The van der Waals surface area contributed by atoms with Crippen LogP contribution in [0.3, 0.4) is 0 Å². The lowest BCUT2D eigenvalue weighted by Gasteiger charge is -2.24. The lowest BCUT2D eigenvalue weighted by Crippen LogP contribution is -2.53. The van der Waals surface area contributed by atoms with E-state index in [9.17, 15) is 14.4 Å². The number of fused-ring (bicyclic) bond motifs is 1. The Kier molecular flexibility index (Phi) is 10.8. The van der Waals surface area contributed by atoms with Gasteiger partial charge in [-0.05, 0) is 66.6 Å². The molecule has 4 rings (SSSR count). The minimum Gasteiger partial charge on any atom is -0.342 e. The third-order valence-corrected chi connectivity index (χ3v) is 6.96. The van der Waals surface area contributed by atoms with E-state index in [2.05, 4.69) is 20.9 Å². The first-order valence-electron chi connectivity index (χ1n) is 14.0. The third kappa shape index (κ3) is 9.01. The van der Waals surface area contributed by atoms with Crippen LogP contribution >= 0.6 is 11.6 Å². The summed E-state index contributed by atoms with van der Waals surface area (Å²) >= 11 is 6.13. The van der Waals surface area contributed by atoms with Crippen LogP contribution in [-0.4, -0.2) is 34.8 Å². The maximum absolute atomic E-state index is 13.6. The molecule has 0 unspecified atom stereocenters. The molecule has 0 saturated carbocycles. The van der Waals surface area contributed by atoms with Crippen LogP contribution in [0.25, 0.3) is 17.0 Å². The molecule has 2 atom stereocenters. The van der Waals surface area contributed by atoms with Gasteiger partial charge < -0.3 is 16.0 Å². The number of amides is 3. The highest BCUT2D eigenvalue weighted by molar-refractivity contribution is 6.31. The summed E-state index contributed by atoms with van der Waals surface area (Å²) < 4.78 is 0. The molecular formula is C34H35ClN4O3. The summed E-state index contributed by atoms with van der Waals surface area (Å²) in [4.78, 5) is 44.3. The van der Waals surface area contributed by atoms with Crippen molar-refractivity contribution in [2.45, 2.75) is 45.2 Å². The number of aryl methyl sites for hydroxylation is 1. The normalized spacial score (nSPS) is 12.7. The molecule has 1 heterocycles. The topological polar surface area (TPSA) is 100 Å². The Labute approximate surface area is 251 Å². The monoisotopic (exact) mass is 582 g/mol. The summed E-state index contributed by atoms with van der Waals surface area (Å²) in [6, 6.07) is 24.5. The average molecular weight is 583 g/mol. The lowest BCUT2D eigenvalue weighted by molar-refractivity contribution is -0.130. The number of rotatable bonds is 12. The summed E-state index contributed by atoms with van der Waals surface area (Å²) in [6.07, 6.45) is 6.07. The van der Waals surface area contributed by atoms with Crippen molar-refractivity contribution in [3.63, 3.8) is 0 Å². The number of hydrogen-bond donors (Lipinski definition) is 3. The fourth-order valence-electron chi connectivity index (χ4n) is 4.61. The predicted molar refractivity (Wildman–Crippen MR) is 169 cm³/mol. The molecule has 3 amide bonds. The zero-order chi connectivity index (χ0) is 29.9. The largest absolute Gasteiger partial charge is 0.342 e. The second kappa shape index (κ2) is 14.9. The van der Waals surface area contributed by atoms with E-state index in [-0.39, 0.29) is 17.7 Å².